The number of β-amino-alcohol motifs (C(OH)–C–C–N with tert-alkyl or cyclic N) is 1. The van der Waals surface area contributed by atoms with E-state index in [4.69, 9.17) is 0 Å². The fraction of sp³-hybridized carbons (Fsp3) is 0.643. The molecule has 0 amide bonds. The average Bonchev–Trinajstić information content (AvgIpc) is 2.70. The van der Waals surface area contributed by atoms with E-state index in [-0.39, 0.29) is 5.92 Å². The molecule has 0 saturated carbocycles. The lowest BCUT2D eigenvalue weighted by molar-refractivity contribution is 0.0162. The molecule has 1 N–H and O–H groups in total. The van der Waals surface area contributed by atoms with Crippen molar-refractivity contribution in [2.24, 2.45) is 0 Å². The number of likely N-dealkylation sites (tertiary alicyclic amines) is 1. The summed E-state index contributed by atoms with van der Waals surface area (Å²) >= 11 is 0. The van der Waals surface area contributed by atoms with Crippen LogP contribution in [0, 0.1) is 0 Å². The van der Waals surface area contributed by atoms with Gasteiger partial charge in [-0.05, 0) is 44.4 Å². The Morgan fingerprint density at radius 1 is 1.53 bits per heavy atom. The Kier molecular flexibility index (Phi) is 2.68. The zero-order valence-corrected chi connectivity index (χ0v) is 10.4. The van der Waals surface area contributed by atoms with Gasteiger partial charge in [-0.1, -0.05) is 6.07 Å². The third kappa shape index (κ3) is 1.87. The molecule has 2 unspecified atom stereocenters. The Balaban J connectivity index is 1.95. The summed E-state index contributed by atoms with van der Waals surface area (Å²) in [7, 11) is 2.08. The number of pyridine rings is 1. The summed E-state index contributed by atoms with van der Waals surface area (Å²) in [5.74, 6) is 0.234. The van der Waals surface area contributed by atoms with Crippen molar-refractivity contribution in [3.63, 3.8) is 0 Å². The molecule has 0 radical (unpaired) electrons. The Morgan fingerprint density at radius 3 is 3.18 bits per heavy atom. The minimum absolute atomic E-state index is 0.234. The van der Waals surface area contributed by atoms with Crippen molar-refractivity contribution in [2.75, 3.05) is 20.1 Å². The molecule has 0 bridgehead atoms. The normalized spacial score (nSPS) is 33.6. The lowest BCUT2D eigenvalue weighted by Crippen LogP contribution is -2.40. The van der Waals surface area contributed by atoms with E-state index in [9.17, 15) is 5.11 Å². The molecule has 1 aromatic rings. The molecule has 0 spiro atoms. The zero-order valence-electron chi connectivity index (χ0n) is 10.4. The second kappa shape index (κ2) is 4.07. The number of hydrogen-bond acceptors (Lipinski definition) is 3. The summed E-state index contributed by atoms with van der Waals surface area (Å²) in [5, 5.41) is 10.9. The number of likely N-dealkylation sites (N-methyl/N-ethyl adjacent to an activating group) is 1. The first kappa shape index (κ1) is 11.2. The predicted molar refractivity (Wildman–Crippen MR) is 67.0 cm³/mol. The molecule has 92 valence electrons. The van der Waals surface area contributed by atoms with Gasteiger partial charge in [-0.3, -0.25) is 4.98 Å². The van der Waals surface area contributed by atoms with Gasteiger partial charge in [0.2, 0.25) is 0 Å². The predicted octanol–water partition coefficient (Wildman–Crippen LogP) is 1.57. The summed E-state index contributed by atoms with van der Waals surface area (Å²) in [6, 6.07) is 4.17. The fourth-order valence-electron chi connectivity index (χ4n) is 3.43. The molecule has 3 rings (SSSR count). The third-order valence-corrected chi connectivity index (χ3v) is 4.31. The maximum absolute atomic E-state index is 10.9. The molecule has 0 aromatic carbocycles. The van der Waals surface area contributed by atoms with E-state index < -0.39 is 5.60 Å². The van der Waals surface area contributed by atoms with E-state index in [0.717, 1.165) is 38.0 Å². The zero-order chi connectivity index (χ0) is 11.9. The lowest BCUT2D eigenvalue weighted by Gasteiger charge is -2.35. The van der Waals surface area contributed by atoms with Gasteiger partial charge in [-0.2, -0.15) is 0 Å². The summed E-state index contributed by atoms with van der Waals surface area (Å²) in [6.07, 6.45) is 6.11. The van der Waals surface area contributed by atoms with Crippen molar-refractivity contribution >= 4 is 0 Å². The van der Waals surface area contributed by atoms with E-state index in [1.165, 1.54) is 12.0 Å². The van der Waals surface area contributed by atoms with Gasteiger partial charge >= 0.3 is 0 Å². The molecular formula is C14H20N2O. The molecule has 3 heteroatoms. The largest absolute Gasteiger partial charge is 0.388 e. The second-order valence-corrected chi connectivity index (χ2v) is 5.58. The number of aliphatic hydroxyl groups is 1. The quantitative estimate of drug-likeness (QED) is 0.798. The van der Waals surface area contributed by atoms with Crippen LogP contribution in [0.5, 0.6) is 0 Å². The number of aromatic nitrogens is 1. The van der Waals surface area contributed by atoms with Gasteiger partial charge in [0.15, 0.2) is 0 Å². The Labute approximate surface area is 102 Å². The molecule has 1 fully saturated rings. The first-order valence-electron chi connectivity index (χ1n) is 6.54. The number of nitrogens with zero attached hydrogens (tertiary/aromatic N) is 2. The topological polar surface area (TPSA) is 36.4 Å². The standard InChI is InChI=1S/C14H20N2O/c1-16-9-7-14(17,10-16)12-6-2-4-11-5-3-8-15-13(11)12/h3,5,8,12,17H,2,4,6-7,9-10H2,1H3. The van der Waals surface area contributed by atoms with Crippen LogP contribution in [0.1, 0.15) is 36.4 Å². The molecule has 1 saturated heterocycles. The van der Waals surface area contributed by atoms with Crippen LogP contribution in [0.15, 0.2) is 18.3 Å². The van der Waals surface area contributed by atoms with Gasteiger partial charge in [0.25, 0.3) is 0 Å². The van der Waals surface area contributed by atoms with Gasteiger partial charge < -0.3 is 10.0 Å². The first-order chi connectivity index (χ1) is 8.19. The van der Waals surface area contributed by atoms with Crippen molar-refractivity contribution in [3.8, 4) is 0 Å². The molecular weight excluding hydrogens is 212 g/mol. The summed E-state index contributed by atoms with van der Waals surface area (Å²) in [5.41, 5.74) is 1.93. The second-order valence-electron chi connectivity index (χ2n) is 5.58. The highest BCUT2D eigenvalue weighted by Gasteiger charge is 2.44. The first-order valence-corrected chi connectivity index (χ1v) is 6.54. The fourth-order valence-corrected chi connectivity index (χ4v) is 3.43. The number of hydrogen-bond donors (Lipinski definition) is 1. The van der Waals surface area contributed by atoms with Crippen LogP contribution in [0.25, 0.3) is 0 Å². The van der Waals surface area contributed by atoms with Gasteiger partial charge in [-0.25, -0.2) is 0 Å². The third-order valence-electron chi connectivity index (χ3n) is 4.31. The van der Waals surface area contributed by atoms with Crippen LogP contribution in [0.2, 0.25) is 0 Å². The summed E-state index contributed by atoms with van der Waals surface area (Å²) < 4.78 is 0. The van der Waals surface area contributed by atoms with Crippen LogP contribution >= 0.6 is 0 Å². The highest BCUT2D eigenvalue weighted by atomic mass is 16.3. The molecule has 17 heavy (non-hydrogen) atoms. The van der Waals surface area contributed by atoms with Crippen molar-refractivity contribution in [3.05, 3.63) is 29.6 Å². The van der Waals surface area contributed by atoms with E-state index in [1.807, 2.05) is 12.3 Å². The van der Waals surface area contributed by atoms with Gasteiger partial charge in [0.05, 0.1) is 5.60 Å². The molecule has 1 aromatic heterocycles. The summed E-state index contributed by atoms with van der Waals surface area (Å²) in [4.78, 5) is 6.76. The minimum atomic E-state index is -0.557. The van der Waals surface area contributed by atoms with Crippen molar-refractivity contribution in [1.82, 2.24) is 9.88 Å². The van der Waals surface area contributed by atoms with E-state index >= 15 is 0 Å². The van der Waals surface area contributed by atoms with Crippen LogP contribution in [-0.4, -0.2) is 40.7 Å². The monoisotopic (exact) mass is 232 g/mol. The highest BCUT2D eigenvalue weighted by Crippen LogP contribution is 2.41. The molecule has 2 heterocycles. The molecule has 2 atom stereocenters. The number of fused-ring (bicyclic) bond motifs is 1. The Hall–Kier alpha value is -0.930. The lowest BCUT2D eigenvalue weighted by atomic mass is 9.75. The van der Waals surface area contributed by atoms with Crippen LogP contribution < -0.4 is 0 Å². The van der Waals surface area contributed by atoms with Crippen LogP contribution in [0.3, 0.4) is 0 Å². The van der Waals surface area contributed by atoms with E-state index in [1.54, 1.807) is 0 Å². The SMILES string of the molecule is CN1CCC(O)(C2CCCc3cccnc32)C1. The van der Waals surface area contributed by atoms with Crippen molar-refractivity contribution in [1.29, 1.82) is 0 Å². The maximum atomic E-state index is 10.9. The van der Waals surface area contributed by atoms with Gasteiger partial charge in [0, 0.05) is 30.9 Å². The molecule has 2 aliphatic rings. The molecule has 3 nitrogen and oxygen atoms in total. The van der Waals surface area contributed by atoms with Crippen molar-refractivity contribution < 1.29 is 5.11 Å². The van der Waals surface area contributed by atoms with E-state index in [0.29, 0.717) is 0 Å². The van der Waals surface area contributed by atoms with Gasteiger partial charge in [0.1, 0.15) is 0 Å². The van der Waals surface area contributed by atoms with Gasteiger partial charge in [-0.15, -0.1) is 0 Å². The Morgan fingerprint density at radius 2 is 2.41 bits per heavy atom. The molecule has 1 aliphatic heterocycles. The average molecular weight is 232 g/mol. The summed E-state index contributed by atoms with van der Waals surface area (Å²) in [6.45, 7) is 1.78. The Bertz CT molecular complexity index is 420. The van der Waals surface area contributed by atoms with Crippen molar-refractivity contribution in [2.45, 2.75) is 37.2 Å². The number of rotatable bonds is 1. The highest BCUT2D eigenvalue weighted by molar-refractivity contribution is 5.29. The number of aryl methyl sites for hydroxylation is 1. The van der Waals surface area contributed by atoms with Crippen LogP contribution in [0.4, 0.5) is 0 Å². The smallest absolute Gasteiger partial charge is 0.0869 e. The minimum Gasteiger partial charge on any atom is -0.388 e. The molecule has 1 aliphatic carbocycles. The maximum Gasteiger partial charge on any atom is 0.0869 e. The van der Waals surface area contributed by atoms with Crippen LogP contribution in [-0.2, 0) is 6.42 Å². The van der Waals surface area contributed by atoms with E-state index in [2.05, 4.69) is 23.0 Å².